The van der Waals surface area contributed by atoms with Gasteiger partial charge in [0.2, 0.25) is 0 Å². The Morgan fingerprint density at radius 2 is 2.31 bits per heavy atom. The molecule has 3 N–H and O–H groups in total. The average Bonchev–Trinajstić information content (AvgIpc) is 2.11. The van der Waals surface area contributed by atoms with Crippen molar-refractivity contribution in [2.75, 3.05) is 17.6 Å². The van der Waals surface area contributed by atoms with Crippen molar-refractivity contribution in [3.63, 3.8) is 0 Å². The minimum atomic E-state index is 0.771. The van der Waals surface area contributed by atoms with Crippen LogP contribution in [0.1, 0.15) is 6.42 Å². The Morgan fingerprint density at radius 3 is 3.00 bits per heavy atom. The van der Waals surface area contributed by atoms with Gasteiger partial charge in [-0.3, -0.25) is 0 Å². The summed E-state index contributed by atoms with van der Waals surface area (Å²) in [5.41, 5.74) is 7.50. The minimum absolute atomic E-state index is 0.771. The number of halogens is 1. The van der Waals surface area contributed by atoms with E-state index in [2.05, 4.69) is 27.8 Å². The molecule has 0 aliphatic carbocycles. The van der Waals surface area contributed by atoms with Gasteiger partial charge < -0.3 is 11.1 Å². The first-order chi connectivity index (χ1) is 6.24. The molecule has 0 amide bonds. The lowest BCUT2D eigenvalue weighted by atomic mass is 10.2. The first kappa shape index (κ1) is 10.1. The van der Waals surface area contributed by atoms with Gasteiger partial charge in [0, 0.05) is 11.0 Å². The van der Waals surface area contributed by atoms with E-state index in [0.717, 1.165) is 28.8 Å². The predicted molar refractivity (Wildman–Crippen MR) is 61.9 cm³/mol. The Kier molecular flexibility index (Phi) is 3.83. The lowest BCUT2D eigenvalue weighted by Gasteiger charge is -2.08. The van der Waals surface area contributed by atoms with Crippen molar-refractivity contribution in [2.45, 2.75) is 6.42 Å². The van der Waals surface area contributed by atoms with Crippen LogP contribution < -0.4 is 11.1 Å². The molecule has 13 heavy (non-hydrogen) atoms. The number of rotatable bonds is 4. The monoisotopic (exact) mass is 240 g/mol. The van der Waals surface area contributed by atoms with Crippen LogP contribution in [-0.2, 0) is 0 Å². The molecule has 0 aliphatic heterocycles. The SMILES string of the molecule is C=CCCNc1cc(Br)ccc1N. The summed E-state index contributed by atoms with van der Waals surface area (Å²) in [7, 11) is 0. The number of nitrogens with two attached hydrogens (primary N) is 1. The highest BCUT2D eigenvalue weighted by molar-refractivity contribution is 9.10. The standard InChI is InChI=1S/C10H13BrN2/c1-2-3-6-13-10-7-8(11)4-5-9(10)12/h2,4-5,7,13H,1,3,6,12H2. The van der Waals surface area contributed by atoms with Crippen molar-refractivity contribution in [3.05, 3.63) is 35.3 Å². The zero-order valence-electron chi connectivity index (χ0n) is 7.39. The third-order valence-electron chi connectivity index (χ3n) is 1.68. The summed E-state index contributed by atoms with van der Waals surface area (Å²) in [4.78, 5) is 0. The molecule has 0 saturated heterocycles. The lowest BCUT2D eigenvalue weighted by molar-refractivity contribution is 1.07. The first-order valence-corrected chi connectivity index (χ1v) is 4.93. The maximum absolute atomic E-state index is 5.76. The molecule has 0 unspecified atom stereocenters. The molecule has 2 nitrogen and oxygen atoms in total. The van der Waals surface area contributed by atoms with E-state index in [1.807, 2.05) is 24.3 Å². The van der Waals surface area contributed by atoms with Crippen molar-refractivity contribution in [3.8, 4) is 0 Å². The van der Waals surface area contributed by atoms with Gasteiger partial charge in [-0.05, 0) is 24.6 Å². The van der Waals surface area contributed by atoms with Crippen LogP contribution in [0.25, 0.3) is 0 Å². The zero-order valence-corrected chi connectivity index (χ0v) is 8.97. The fourth-order valence-electron chi connectivity index (χ4n) is 0.990. The first-order valence-electron chi connectivity index (χ1n) is 4.14. The van der Waals surface area contributed by atoms with E-state index in [9.17, 15) is 0 Å². The van der Waals surface area contributed by atoms with E-state index in [4.69, 9.17) is 5.73 Å². The summed E-state index contributed by atoms with van der Waals surface area (Å²) in [5.74, 6) is 0. The Balaban J connectivity index is 2.64. The summed E-state index contributed by atoms with van der Waals surface area (Å²) in [6.45, 7) is 4.52. The molecule has 0 fully saturated rings. The fraction of sp³-hybridized carbons (Fsp3) is 0.200. The van der Waals surface area contributed by atoms with E-state index in [1.54, 1.807) is 0 Å². The van der Waals surface area contributed by atoms with Crippen molar-refractivity contribution in [2.24, 2.45) is 0 Å². The quantitative estimate of drug-likeness (QED) is 0.483. The number of benzene rings is 1. The van der Waals surface area contributed by atoms with Crippen molar-refractivity contribution in [1.29, 1.82) is 0 Å². The maximum atomic E-state index is 5.76. The van der Waals surface area contributed by atoms with E-state index in [0.29, 0.717) is 0 Å². The lowest BCUT2D eigenvalue weighted by Crippen LogP contribution is -2.02. The molecule has 70 valence electrons. The van der Waals surface area contributed by atoms with Crippen LogP contribution in [0.15, 0.2) is 35.3 Å². The van der Waals surface area contributed by atoms with Gasteiger partial charge in [0.1, 0.15) is 0 Å². The predicted octanol–water partition coefficient (Wildman–Crippen LogP) is 3.02. The van der Waals surface area contributed by atoms with E-state index >= 15 is 0 Å². The van der Waals surface area contributed by atoms with Crippen LogP contribution in [-0.4, -0.2) is 6.54 Å². The molecule has 0 spiro atoms. The summed E-state index contributed by atoms with van der Waals surface area (Å²) in [6.07, 6.45) is 2.81. The second-order valence-corrected chi connectivity index (χ2v) is 3.65. The van der Waals surface area contributed by atoms with Gasteiger partial charge in [0.25, 0.3) is 0 Å². The summed E-state index contributed by atoms with van der Waals surface area (Å²) >= 11 is 3.39. The van der Waals surface area contributed by atoms with Crippen molar-refractivity contribution in [1.82, 2.24) is 0 Å². The van der Waals surface area contributed by atoms with Gasteiger partial charge in [-0.2, -0.15) is 0 Å². The molecule has 3 heteroatoms. The normalized spacial score (nSPS) is 9.62. The van der Waals surface area contributed by atoms with Gasteiger partial charge >= 0.3 is 0 Å². The average molecular weight is 241 g/mol. The number of anilines is 2. The third-order valence-corrected chi connectivity index (χ3v) is 2.17. The molecular formula is C10H13BrN2. The zero-order chi connectivity index (χ0) is 9.68. The number of nitrogens with one attached hydrogen (secondary N) is 1. The van der Waals surface area contributed by atoms with Gasteiger partial charge in [-0.1, -0.05) is 22.0 Å². The largest absolute Gasteiger partial charge is 0.397 e. The summed E-state index contributed by atoms with van der Waals surface area (Å²) in [5, 5.41) is 3.23. The van der Waals surface area contributed by atoms with E-state index < -0.39 is 0 Å². The molecule has 1 aromatic carbocycles. The van der Waals surface area contributed by atoms with Crippen LogP contribution in [0.5, 0.6) is 0 Å². The highest BCUT2D eigenvalue weighted by Gasteiger charge is 1.97. The Labute approximate surface area is 87.0 Å². The highest BCUT2D eigenvalue weighted by Crippen LogP contribution is 2.22. The third kappa shape index (κ3) is 3.11. The molecule has 0 radical (unpaired) electrons. The van der Waals surface area contributed by atoms with Crippen LogP contribution in [0.4, 0.5) is 11.4 Å². The van der Waals surface area contributed by atoms with Gasteiger partial charge in [0.15, 0.2) is 0 Å². The van der Waals surface area contributed by atoms with E-state index in [1.165, 1.54) is 0 Å². The van der Waals surface area contributed by atoms with Crippen LogP contribution >= 0.6 is 15.9 Å². The second-order valence-electron chi connectivity index (χ2n) is 2.74. The molecule has 0 bridgehead atoms. The smallest absolute Gasteiger partial charge is 0.0585 e. The second kappa shape index (κ2) is 4.92. The molecule has 1 rings (SSSR count). The van der Waals surface area contributed by atoms with Gasteiger partial charge in [-0.25, -0.2) is 0 Å². The molecule has 0 aromatic heterocycles. The minimum Gasteiger partial charge on any atom is -0.397 e. The molecule has 0 saturated carbocycles. The number of hydrogen-bond donors (Lipinski definition) is 2. The number of hydrogen-bond acceptors (Lipinski definition) is 2. The summed E-state index contributed by atoms with van der Waals surface area (Å²) in [6, 6.07) is 5.77. The Bertz CT molecular complexity index is 297. The number of nitrogen functional groups attached to an aromatic ring is 1. The molecule has 0 heterocycles. The molecule has 0 aliphatic rings. The van der Waals surface area contributed by atoms with Crippen LogP contribution in [0.2, 0.25) is 0 Å². The Morgan fingerprint density at radius 1 is 1.54 bits per heavy atom. The Hall–Kier alpha value is -0.960. The molecule has 0 atom stereocenters. The van der Waals surface area contributed by atoms with Gasteiger partial charge in [0.05, 0.1) is 11.4 Å². The van der Waals surface area contributed by atoms with E-state index in [-0.39, 0.29) is 0 Å². The fourth-order valence-corrected chi connectivity index (χ4v) is 1.35. The van der Waals surface area contributed by atoms with Crippen LogP contribution in [0, 0.1) is 0 Å². The van der Waals surface area contributed by atoms with Crippen molar-refractivity contribution < 1.29 is 0 Å². The molecular weight excluding hydrogens is 228 g/mol. The summed E-state index contributed by atoms with van der Waals surface area (Å²) < 4.78 is 1.03. The maximum Gasteiger partial charge on any atom is 0.0585 e. The van der Waals surface area contributed by atoms with Gasteiger partial charge in [-0.15, -0.1) is 6.58 Å². The van der Waals surface area contributed by atoms with Crippen molar-refractivity contribution >= 4 is 27.3 Å². The van der Waals surface area contributed by atoms with Crippen LogP contribution in [0.3, 0.4) is 0 Å². The molecule has 1 aromatic rings. The highest BCUT2D eigenvalue weighted by atomic mass is 79.9. The topological polar surface area (TPSA) is 38.0 Å².